The molecule has 0 fully saturated rings. The summed E-state index contributed by atoms with van der Waals surface area (Å²) >= 11 is 0. The normalized spacial score (nSPS) is 11.1. The number of anilines is 3. The van der Waals surface area contributed by atoms with E-state index in [0.29, 0.717) is 18.2 Å². The van der Waals surface area contributed by atoms with Gasteiger partial charge < -0.3 is 15.4 Å². The van der Waals surface area contributed by atoms with Gasteiger partial charge in [-0.3, -0.25) is 0 Å². The van der Waals surface area contributed by atoms with Crippen LogP contribution in [0.5, 0.6) is 5.75 Å². The lowest BCUT2D eigenvalue weighted by molar-refractivity contribution is 0.306. The zero-order valence-corrected chi connectivity index (χ0v) is 21.6. The molecule has 0 aliphatic carbocycles. The summed E-state index contributed by atoms with van der Waals surface area (Å²) in [5.74, 6) is 1.88. The summed E-state index contributed by atoms with van der Waals surface area (Å²) in [7, 11) is 1.93. The summed E-state index contributed by atoms with van der Waals surface area (Å²) in [4.78, 5) is 13.7. The van der Waals surface area contributed by atoms with Crippen LogP contribution in [0, 0.1) is 6.92 Å². The highest BCUT2D eigenvalue weighted by atomic mass is 16.5. The molecule has 5 rings (SSSR count). The molecule has 0 unspecified atom stereocenters. The van der Waals surface area contributed by atoms with E-state index in [9.17, 15) is 0 Å². The fourth-order valence-corrected chi connectivity index (χ4v) is 4.37. The SMILES string of the molecule is CNc1ccc(C)c(-c2ccc(OCc3ccccc3)cc2)c1Nc1ncnc2nc(C(C)C)ccc12. The van der Waals surface area contributed by atoms with Crippen LogP contribution in [0.4, 0.5) is 17.2 Å². The Bertz CT molecular complexity index is 1520. The van der Waals surface area contributed by atoms with Crippen molar-refractivity contribution in [3.63, 3.8) is 0 Å². The van der Waals surface area contributed by atoms with Gasteiger partial charge in [0.2, 0.25) is 0 Å². The molecule has 0 spiro atoms. The lowest BCUT2D eigenvalue weighted by Crippen LogP contribution is -2.04. The number of nitrogens with zero attached hydrogens (tertiary/aromatic N) is 3. The van der Waals surface area contributed by atoms with Gasteiger partial charge in [-0.1, -0.05) is 62.4 Å². The second-order valence-electron chi connectivity index (χ2n) is 9.34. The van der Waals surface area contributed by atoms with Crippen molar-refractivity contribution in [2.45, 2.75) is 33.3 Å². The van der Waals surface area contributed by atoms with E-state index in [1.807, 2.05) is 49.5 Å². The predicted octanol–water partition coefficient (Wildman–Crippen LogP) is 7.49. The van der Waals surface area contributed by atoms with Crippen molar-refractivity contribution in [2.24, 2.45) is 0 Å². The van der Waals surface area contributed by atoms with Crippen LogP contribution in [-0.2, 0) is 6.61 Å². The van der Waals surface area contributed by atoms with Crippen molar-refractivity contribution in [1.82, 2.24) is 15.0 Å². The van der Waals surface area contributed by atoms with Crippen LogP contribution in [0.1, 0.15) is 36.6 Å². The molecule has 5 aromatic rings. The Balaban J connectivity index is 1.49. The molecule has 0 radical (unpaired) electrons. The van der Waals surface area contributed by atoms with Crippen LogP contribution in [0.25, 0.3) is 22.2 Å². The molecular formula is C31H31N5O. The van der Waals surface area contributed by atoms with E-state index >= 15 is 0 Å². The maximum absolute atomic E-state index is 6.01. The number of benzene rings is 3. The van der Waals surface area contributed by atoms with Crippen molar-refractivity contribution >= 4 is 28.2 Å². The zero-order valence-electron chi connectivity index (χ0n) is 21.6. The number of pyridine rings is 1. The van der Waals surface area contributed by atoms with Gasteiger partial charge in [0.25, 0.3) is 0 Å². The van der Waals surface area contributed by atoms with Crippen molar-refractivity contribution in [1.29, 1.82) is 0 Å². The summed E-state index contributed by atoms with van der Waals surface area (Å²) in [6, 6.07) is 26.7. The van der Waals surface area contributed by atoms with Crippen molar-refractivity contribution < 1.29 is 4.74 Å². The summed E-state index contributed by atoms with van der Waals surface area (Å²) in [5.41, 5.74) is 8.10. The third kappa shape index (κ3) is 5.23. The van der Waals surface area contributed by atoms with Crippen LogP contribution >= 0.6 is 0 Å². The standard InChI is InChI=1S/C31H31N5O/c1-20(2)26-17-15-25-30(35-26)33-19-34-31(25)36-29-27(32-4)16-10-21(3)28(29)23-11-13-24(14-12-23)37-18-22-8-6-5-7-9-22/h5-17,19-20,32H,18H2,1-4H3,(H,33,34,35,36). The second kappa shape index (κ2) is 10.7. The summed E-state index contributed by atoms with van der Waals surface area (Å²) in [5, 5.41) is 7.81. The Kier molecular flexibility index (Phi) is 6.99. The zero-order chi connectivity index (χ0) is 25.8. The molecular weight excluding hydrogens is 458 g/mol. The first kappa shape index (κ1) is 24.3. The van der Waals surface area contributed by atoms with Crippen LogP contribution in [-0.4, -0.2) is 22.0 Å². The average molecular weight is 490 g/mol. The fraction of sp³-hybridized carbons (Fsp3) is 0.194. The van der Waals surface area contributed by atoms with Gasteiger partial charge in [0.1, 0.15) is 24.5 Å². The van der Waals surface area contributed by atoms with Gasteiger partial charge >= 0.3 is 0 Å². The minimum Gasteiger partial charge on any atom is -0.489 e. The molecule has 0 atom stereocenters. The molecule has 3 aromatic carbocycles. The molecule has 186 valence electrons. The van der Waals surface area contributed by atoms with Gasteiger partial charge in [0, 0.05) is 18.3 Å². The van der Waals surface area contributed by atoms with Crippen molar-refractivity contribution in [3.8, 4) is 16.9 Å². The Morgan fingerprint density at radius 2 is 1.65 bits per heavy atom. The van der Waals surface area contributed by atoms with E-state index in [1.165, 1.54) is 0 Å². The molecule has 0 saturated heterocycles. The number of hydrogen-bond donors (Lipinski definition) is 2. The predicted molar refractivity (Wildman–Crippen MR) is 152 cm³/mol. The van der Waals surface area contributed by atoms with E-state index in [0.717, 1.165) is 56.3 Å². The lowest BCUT2D eigenvalue weighted by atomic mass is 9.97. The first-order chi connectivity index (χ1) is 18.0. The maximum Gasteiger partial charge on any atom is 0.164 e. The number of fused-ring (bicyclic) bond motifs is 1. The second-order valence-corrected chi connectivity index (χ2v) is 9.34. The van der Waals surface area contributed by atoms with Gasteiger partial charge in [0.15, 0.2) is 5.65 Å². The largest absolute Gasteiger partial charge is 0.489 e. The molecule has 2 heterocycles. The quantitative estimate of drug-likeness (QED) is 0.235. The first-order valence-corrected chi connectivity index (χ1v) is 12.5. The molecule has 2 aromatic heterocycles. The molecule has 0 amide bonds. The van der Waals surface area contributed by atoms with Gasteiger partial charge in [-0.15, -0.1) is 0 Å². The molecule has 0 aliphatic heterocycles. The van der Waals surface area contributed by atoms with E-state index in [2.05, 4.69) is 77.8 Å². The third-order valence-corrected chi connectivity index (χ3v) is 6.43. The van der Waals surface area contributed by atoms with E-state index < -0.39 is 0 Å². The monoisotopic (exact) mass is 489 g/mol. The van der Waals surface area contributed by atoms with E-state index in [1.54, 1.807) is 6.33 Å². The number of ether oxygens (including phenoxy) is 1. The van der Waals surface area contributed by atoms with Crippen molar-refractivity contribution in [3.05, 3.63) is 102 Å². The summed E-state index contributed by atoms with van der Waals surface area (Å²) < 4.78 is 6.01. The van der Waals surface area contributed by atoms with E-state index in [4.69, 9.17) is 9.72 Å². The third-order valence-electron chi connectivity index (χ3n) is 6.43. The number of aryl methyl sites for hydroxylation is 1. The molecule has 0 aliphatic rings. The fourth-order valence-electron chi connectivity index (χ4n) is 4.37. The Morgan fingerprint density at radius 1 is 0.865 bits per heavy atom. The Morgan fingerprint density at radius 3 is 2.38 bits per heavy atom. The van der Waals surface area contributed by atoms with Gasteiger partial charge in [-0.25, -0.2) is 15.0 Å². The first-order valence-electron chi connectivity index (χ1n) is 12.5. The molecule has 6 nitrogen and oxygen atoms in total. The Labute approximate surface area is 217 Å². The molecule has 0 saturated carbocycles. The highest BCUT2D eigenvalue weighted by Gasteiger charge is 2.16. The number of aromatic nitrogens is 3. The van der Waals surface area contributed by atoms with Gasteiger partial charge in [-0.05, 0) is 59.9 Å². The minimum atomic E-state index is 0.328. The molecule has 6 heteroatoms. The number of rotatable bonds is 8. The topological polar surface area (TPSA) is 72.0 Å². The lowest BCUT2D eigenvalue weighted by Gasteiger charge is -2.20. The summed E-state index contributed by atoms with van der Waals surface area (Å²) in [6.45, 7) is 6.92. The molecule has 2 N–H and O–H groups in total. The van der Waals surface area contributed by atoms with Crippen molar-refractivity contribution in [2.75, 3.05) is 17.7 Å². The van der Waals surface area contributed by atoms with Crippen LogP contribution in [0.2, 0.25) is 0 Å². The molecule has 0 bridgehead atoms. The maximum atomic E-state index is 6.01. The van der Waals surface area contributed by atoms with Gasteiger partial charge in [0.05, 0.1) is 16.8 Å². The highest BCUT2D eigenvalue weighted by Crippen LogP contribution is 2.40. The van der Waals surface area contributed by atoms with Crippen LogP contribution < -0.4 is 15.4 Å². The smallest absolute Gasteiger partial charge is 0.164 e. The number of nitrogens with one attached hydrogen (secondary N) is 2. The average Bonchev–Trinajstić information content (AvgIpc) is 2.93. The summed E-state index contributed by atoms with van der Waals surface area (Å²) in [6.07, 6.45) is 1.56. The number of hydrogen-bond acceptors (Lipinski definition) is 6. The van der Waals surface area contributed by atoms with Gasteiger partial charge in [-0.2, -0.15) is 0 Å². The van der Waals surface area contributed by atoms with E-state index in [-0.39, 0.29) is 0 Å². The van der Waals surface area contributed by atoms with Crippen LogP contribution in [0.15, 0.2) is 85.2 Å². The Hall–Kier alpha value is -4.45. The highest BCUT2D eigenvalue weighted by molar-refractivity contribution is 5.96. The molecule has 37 heavy (non-hydrogen) atoms. The minimum absolute atomic E-state index is 0.328. The van der Waals surface area contributed by atoms with Crippen LogP contribution in [0.3, 0.4) is 0 Å².